The highest BCUT2D eigenvalue weighted by molar-refractivity contribution is 5.35. The van der Waals surface area contributed by atoms with Gasteiger partial charge >= 0.3 is 0 Å². The minimum atomic E-state index is -0.352. The Balaban J connectivity index is 1.96. The molecule has 0 atom stereocenters. The second-order valence-corrected chi connectivity index (χ2v) is 3.80. The van der Waals surface area contributed by atoms with Gasteiger partial charge in [-0.1, -0.05) is 18.2 Å². The van der Waals surface area contributed by atoms with Crippen LogP contribution < -0.4 is 10.1 Å². The Morgan fingerprint density at radius 3 is 2.72 bits per heavy atom. The van der Waals surface area contributed by atoms with E-state index in [0.29, 0.717) is 6.61 Å². The first-order valence-corrected chi connectivity index (χ1v) is 5.85. The third-order valence-electron chi connectivity index (χ3n) is 2.41. The van der Waals surface area contributed by atoms with Gasteiger partial charge in [-0.3, -0.25) is 0 Å². The minimum Gasteiger partial charge on any atom is -0.486 e. The maximum absolute atomic E-state index is 13.3. The molecule has 0 saturated carbocycles. The molecule has 1 heterocycles. The van der Waals surface area contributed by atoms with Crippen LogP contribution in [0.25, 0.3) is 0 Å². The summed E-state index contributed by atoms with van der Waals surface area (Å²) in [5.41, 5.74) is 0.903. The van der Waals surface area contributed by atoms with Crippen molar-refractivity contribution in [1.29, 1.82) is 0 Å². The van der Waals surface area contributed by atoms with Crippen LogP contribution in [0.15, 0.2) is 42.6 Å². The number of benzene rings is 1. The predicted octanol–water partition coefficient (Wildman–Crippen LogP) is 3.23. The summed E-state index contributed by atoms with van der Waals surface area (Å²) in [6, 6.07) is 10.1. The average Bonchev–Trinajstić information content (AvgIpc) is 2.40. The second-order valence-electron chi connectivity index (χ2n) is 3.80. The van der Waals surface area contributed by atoms with Crippen molar-refractivity contribution >= 4 is 5.82 Å². The zero-order valence-electron chi connectivity index (χ0n) is 10.2. The SMILES string of the molecule is CCNc1ccc(COc2ccccc2F)cn1. The lowest BCUT2D eigenvalue weighted by Gasteiger charge is -2.07. The molecule has 0 aliphatic heterocycles. The Morgan fingerprint density at radius 2 is 2.06 bits per heavy atom. The summed E-state index contributed by atoms with van der Waals surface area (Å²) >= 11 is 0. The molecule has 0 spiro atoms. The normalized spacial score (nSPS) is 10.1. The van der Waals surface area contributed by atoms with Gasteiger partial charge in [0, 0.05) is 18.3 Å². The third-order valence-corrected chi connectivity index (χ3v) is 2.41. The van der Waals surface area contributed by atoms with Gasteiger partial charge in [0.25, 0.3) is 0 Å². The van der Waals surface area contributed by atoms with E-state index in [1.54, 1.807) is 24.4 Å². The molecular formula is C14H15FN2O. The Labute approximate surface area is 106 Å². The number of halogens is 1. The van der Waals surface area contributed by atoms with Crippen LogP contribution >= 0.6 is 0 Å². The molecule has 94 valence electrons. The highest BCUT2D eigenvalue weighted by Gasteiger charge is 2.02. The number of nitrogens with zero attached hydrogens (tertiary/aromatic N) is 1. The number of aromatic nitrogens is 1. The number of hydrogen-bond donors (Lipinski definition) is 1. The molecule has 0 fully saturated rings. The Hall–Kier alpha value is -2.10. The fourth-order valence-corrected chi connectivity index (χ4v) is 1.52. The molecule has 0 saturated heterocycles. The summed E-state index contributed by atoms with van der Waals surface area (Å²) < 4.78 is 18.7. The molecule has 0 radical (unpaired) electrons. The van der Waals surface area contributed by atoms with Crippen LogP contribution in [0.2, 0.25) is 0 Å². The summed E-state index contributed by atoms with van der Waals surface area (Å²) in [6.07, 6.45) is 1.72. The monoisotopic (exact) mass is 246 g/mol. The zero-order valence-corrected chi connectivity index (χ0v) is 10.2. The van der Waals surface area contributed by atoms with E-state index in [9.17, 15) is 4.39 Å². The predicted molar refractivity (Wildman–Crippen MR) is 69.1 cm³/mol. The lowest BCUT2D eigenvalue weighted by molar-refractivity contribution is 0.290. The highest BCUT2D eigenvalue weighted by atomic mass is 19.1. The van der Waals surface area contributed by atoms with Gasteiger partial charge in [-0.15, -0.1) is 0 Å². The van der Waals surface area contributed by atoms with Crippen LogP contribution in [0.4, 0.5) is 10.2 Å². The Kier molecular flexibility index (Phi) is 4.12. The van der Waals surface area contributed by atoms with Gasteiger partial charge in [0.1, 0.15) is 12.4 Å². The first kappa shape index (κ1) is 12.4. The molecule has 0 bridgehead atoms. The molecular weight excluding hydrogens is 231 g/mol. The van der Waals surface area contributed by atoms with E-state index in [2.05, 4.69) is 10.3 Å². The van der Waals surface area contributed by atoms with Crippen LogP contribution in [0.3, 0.4) is 0 Å². The standard InChI is InChI=1S/C14H15FN2O/c1-2-16-14-8-7-11(9-17-14)10-18-13-6-4-3-5-12(13)15/h3-9H,2,10H2,1H3,(H,16,17). The summed E-state index contributed by atoms with van der Waals surface area (Å²) in [4.78, 5) is 4.22. The van der Waals surface area contributed by atoms with Crippen molar-refractivity contribution in [2.75, 3.05) is 11.9 Å². The van der Waals surface area contributed by atoms with Crippen molar-refractivity contribution < 1.29 is 9.13 Å². The van der Waals surface area contributed by atoms with Crippen molar-refractivity contribution in [3.63, 3.8) is 0 Å². The molecule has 1 aromatic carbocycles. The number of rotatable bonds is 5. The zero-order chi connectivity index (χ0) is 12.8. The first-order chi connectivity index (χ1) is 8.79. The van der Waals surface area contributed by atoms with Crippen LogP contribution in [0.1, 0.15) is 12.5 Å². The molecule has 2 rings (SSSR count). The van der Waals surface area contributed by atoms with Gasteiger partial charge in [-0.2, -0.15) is 0 Å². The van der Waals surface area contributed by atoms with Crippen LogP contribution in [0, 0.1) is 5.82 Å². The largest absolute Gasteiger partial charge is 0.486 e. The molecule has 0 aliphatic carbocycles. The molecule has 4 heteroatoms. The number of anilines is 1. The molecule has 0 unspecified atom stereocenters. The van der Waals surface area contributed by atoms with Gasteiger partial charge < -0.3 is 10.1 Å². The van der Waals surface area contributed by atoms with E-state index in [1.807, 2.05) is 19.1 Å². The van der Waals surface area contributed by atoms with E-state index >= 15 is 0 Å². The van der Waals surface area contributed by atoms with Gasteiger partial charge in [-0.25, -0.2) is 9.37 Å². The van der Waals surface area contributed by atoms with Crippen molar-refractivity contribution in [3.8, 4) is 5.75 Å². The molecule has 0 amide bonds. The third kappa shape index (κ3) is 3.20. The maximum Gasteiger partial charge on any atom is 0.165 e. The number of para-hydroxylation sites is 1. The molecule has 0 aliphatic rings. The molecule has 1 N–H and O–H groups in total. The van der Waals surface area contributed by atoms with E-state index in [0.717, 1.165) is 17.9 Å². The van der Waals surface area contributed by atoms with Crippen molar-refractivity contribution in [2.45, 2.75) is 13.5 Å². The first-order valence-electron chi connectivity index (χ1n) is 5.85. The second kappa shape index (κ2) is 6.00. The van der Waals surface area contributed by atoms with E-state index in [1.165, 1.54) is 6.07 Å². The molecule has 2 aromatic rings. The van der Waals surface area contributed by atoms with Crippen molar-refractivity contribution in [1.82, 2.24) is 4.98 Å². The van der Waals surface area contributed by atoms with Gasteiger partial charge in [0.15, 0.2) is 11.6 Å². The fraction of sp³-hybridized carbons (Fsp3) is 0.214. The quantitative estimate of drug-likeness (QED) is 0.879. The van der Waals surface area contributed by atoms with Crippen LogP contribution in [0.5, 0.6) is 5.75 Å². The number of nitrogens with one attached hydrogen (secondary N) is 1. The number of hydrogen-bond acceptors (Lipinski definition) is 3. The minimum absolute atomic E-state index is 0.258. The van der Waals surface area contributed by atoms with Gasteiger partial charge in [-0.05, 0) is 25.1 Å². The summed E-state index contributed by atoms with van der Waals surface area (Å²) in [7, 11) is 0. The summed E-state index contributed by atoms with van der Waals surface area (Å²) in [5.74, 6) is 0.732. The number of ether oxygens (including phenoxy) is 1. The lowest BCUT2D eigenvalue weighted by atomic mass is 10.3. The molecule has 18 heavy (non-hydrogen) atoms. The Morgan fingerprint density at radius 1 is 1.22 bits per heavy atom. The summed E-state index contributed by atoms with van der Waals surface area (Å²) in [6.45, 7) is 3.15. The highest BCUT2D eigenvalue weighted by Crippen LogP contribution is 2.17. The topological polar surface area (TPSA) is 34.1 Å². The smallest absolute Gasteiger partial charge is 0.165 e. The van der Waals surface area contributed by atoms with Gasteiger partial charge in [0.05, 0.1) is 0 Å². The van der Waals surface area contributed by atoms with Crippen molar-refractivity contribution in [3.05, 3.63) is 54.0 Å². The van der Waals surface area contributed by atoms with E-state index < -0.39 is 0 Å². The van der Waals surface area contributed by atoms with Crippen molar-refractivity contribution in [2.24, 2.45) is 0 Å². The maximum atomic E-state index is 13.3. The fourth-order valence-electron chi connectivity index (χ4n) is 1.52. The molecule has 1 aromatic heterocycles. The summed E-state index contributed by atoms with van der Waals surface area (Å²) in [5, 5.41) is 3.11. The average molecular weight is 246 g/mol. The lowest BCUT2D eigenvalue weighted by Crippen LogP contribution is -2.01. The van der Waals surface area contributed by atoms with Crippen LogP contribution in [-0.2, 0) is 6.61 Å². The van der Waals surface area contributed by atoms with E-state index in [4.69, 9.17) is 4.74 Å². The molecule has 3 nitrogen and oxygen atoms in total. The Bertz CT molecular complexity index is 499. The van der Waals surface area contributed by atoms with E-state index in [-0.39, 0.29) is 11.6 Å². The van der Waals surface area contributed by atoms with Crippen LogP contribution in [-0.4, -0.2) is 11.5 Å². The number of pyridine rings is 1. The van der Waals surface area contributed by atoms with Gasteiger partial charge in [0.2, 0.25) is 0 Å².